The number of rotatable bonds is 1. The molecule has 0 aliphatic carbocycles. The Hall–Kier alpha value is -1.48. The van der Waals surface area contributed by atoms with Gasteiger partial charge in [0.05, 0.1) is 0 Å². The fraction of sp³-hybridized carbons (Fsp3) is 0.273. The van der Waals surface area contributed by atoms with E-state index in [1.54, 1.807) is 20.3 Å². The van der Waals surface area contributed by atoms with Crippen LogP contribution >= 0.6 is 0 Å². The number of hydrogen-bond acceptors (Lipinski definition) is 3. The molecular weight excluding hydrogens is 180 g/mol. The van der Waals surface area contributed by atoms with Crippen LogP contribution in [-0.4, -0.2) is 24.4 Å². The maximum Gasteiger partial charge on any atom is 0.157 e. The number of phenolic OH excluding ortho intramolecular Hbond substituents is 2. The minimum absolute atomic E-state index is 0.0828. The third-order valence-electron chi connectivity index (χ3n) is 1.36. The average Bonchev–Trinajstić information content (AvgIpc) is 2.13. The van der Waals surface area contributed by atoms with E-state index in [2.05, 4.69) is 4.74 Å². The molecule has 0 aromatic heterocycles. The van der Waals surface area contributed by atoms with Crippen molar-refractivity contribution in [2.24, 2.45) is 0 Å². The van der Waals surface area contributed by atoms with Crippen molar-refractivity contribution < 1.29 is 14.9 Å². The molecule has 0 amide bonds. The Kier molecular flexibility index (Phi) is 6.24. The van der Waals surface area contributed by atoms with Crippen molar-refractivity contribution in [2.45, 2.75) is 6.92 Å². The first-order valence-electron chi connectivity index (χ1n) is 4.20. The minimum atomic E-state index is -0.0850. The van der Waals surface area contributed by atoms with E-state index in [-0.39, 0.29) is 11.5 Å². The van der Waals surface area contributed by atoms with Gasteiger partial charge in [-0.25, -0.2) is 0 Å². The summed E-state index contributed by atoms with van der Waals surface area (Å²) in [5.74, 6) is -0.168. The zero-order valence-electron chi connectivity index (χ0n) is 8.69. The summed E-state index contributed by atoms with van der Waals surface area (Å²) in [6.07, 6.45) is 3.71. The maximum atomic E-state index is 9.04. The molecule has 14 heavy (non-hydrogen) atoms. The van der Waals surface area contributed by atoms with Crippen LogP contribution in [0.4, 0.5) is 0 Å². The molecule has 0 aliphatic rings. The van der Waals surface area contributed by atoms with E-state index in [4.69, 9.17) is 10.2 Å². The number of aromatic hydroxyl groups is 2. The highest BCUT2D eigenvalue weighted by Gasteiger charge is 1.96. The van der Waals surface area contributed by atoms with Gasteiger partial charge in [-0.05, 0) is 24.6 Å². The third-order valence-corrected chi connectivity index (χ3v) is 1.36. The van der Waals surface area contributed by atoms with Crippen LogP contribution < -0.4 is 0 Å². The highest BCUT2D eigenvalue weighted by atomic mass is 16.4. The zero-order valence-corrected chi connectivity index (χ0v) is 8.69. The van der Waals surface area contributed by atoms with Crippen molar-refractivity contribution in [1.82, 2.24) is 0 Å². The van der Waals surface area contributed by atoms with Gasteiger partial charge in [-0.3, -0.25) is 0 Å². The molecule has 0 spiro atoms. The molecule has 0 heterocycles. The van der Waals surface area contributed by atoms with E-state index in [0.29, 0.717) is 0 Å². The molecule has 0 fully saturated rings. The van der Waals surface area contributed by atoms with Gasteiger partial charge in [0.15, 0.2) is 11.5 Å². The lowest BCUT2D eigenvalue weighted by atomic mass is 10.2. The topological polar surface area (TPSA) is 49.7 Å². The predicted octanol–water partition coefficient (Wildman–Crippen LogP) is 2.39. The molecule has 0 aliphatic heterocycles. The standard InChI is InChI=1S/C9H10O2.C2H6O/c1-2-3-7-4-5-8(10)9(11)6-7;1-3-2/h2-6,10-11H,1H3;1-2H3/b3-2-;. The van der Waals surface area contributed by atoms with Crippen molar-refractivity contribution >= 4 is 6.08 Å². The SMILES string of the molecule is C/C=C\c1ccc(O)c(O)c1.COC. The Morgan fingerprint density at radius 3 is 2.14 bits per heavy atom. The van der Waals surface area contributed by atoms with E-state index in [9.17, 15) is 0 Å². The molecule has 0 saturated carbocycles. The predicted molar refractivity (Wildman–Crippen MR) is 57.4 cm³/mol. The number of allylic oxidation sites excluding steroid dienone is 1. The fourth-order valence-electron chi connectivity index (χ4n) is 0.837. The minimum Gasteiger partial charge on any atom is -0.504 e. The second kappa shape index (κ2) is 6.97. The molecule has 1 aromatic rings. The van der Waals surface area contributed by atoms with Crippen molar-refractivity contribution in [2.75, 3.05) is 14.2 Å². The first-order chi connectivity index (χ1) is 6.65. The second-order valence-electron chi connectivity index (χ2n) is 2.66. The van der Waals surface area contributed by atoms with Gasteiger partial charge in [-0.2, -0.15) is 0 Å². The molecule has 1 aromatic carbocycles. The molecule has 0 unspecified atom stereocenters. The normalized spacial score (nSPS) is 9.64. The molecule has 2 N–H and O–H groups in total. The lowest BCUT2D eigenvalue weighted by Crippen LogP contribution is -1.72. The van der Waals surface area contributed by atoms with Crippen LogP contribution in [0.1, 0.15) is 12.5 Å². The summed E-state index contributed by atoms with van der Waals surface area (Å²) in [6, 6.07) is 4.70. The van der Waals surface area contributed by atoms with Crippen molar-refractivity contribution in [3.8, 4) is 11.5 Å². The summed E-state index contributed by atoms with van der Waals surface area (Å²) < 4.78 is 4.25. The van der Waals surface area contributed by atoms with Crippen LogP contribution in [0.15, 0.2) is 24.3 Å². The Labute approximate surface area is 84.3 Å². The smallest absolute Gasteiger partial charge is 0.157 e. The van der Waals surface area contributed by atoms with Crippen LogP contribution in [0.2, 0.25) is 0 Å². The third kappa shape index (κ3) is 4.52. The summed E-state index contributed by atoms with van der Waals surface area (Å²) >= 11 is 0. The first-order valence-corrected chi connectivity index (χ1v) is 4.20. The molecule has 78 valence electrons. The number of hydrogen-bond donors (Lipinski definition) is 2. The summed E-state index contributed by atoms with van der Waals surface area (Å²) in [7, 11) is 3.25. The Balaban J connectivity index is 0.000000500. The number of ether oxygens (including phenoxy) is 1. The van der Waals surface area contributed by atoms with Crippen LogP contribution in [0.25, 0.3) is 6.08 Å². The molecule has 1 rings (SSSR count). The average molecular weight is 196 g/mol. The molecular formula is C11H16O3. The van der Waals surface area contributed by atoms with Crippen LogP contribution in [0, 0.1) is 0 Å². The van der Waals surface area contributed by atoms with E-state index in [1.165, 1.54) is 12.1 Å². The van der Waals surface area contributed by atoms with Crippen LogP contribution in [-0.2, 0) is 4.74 Å². The highest BCUT2D eigenvalue weighted by Crippen LogP contribution is 2.25. The molecule has 0 saturated heterocycles. The van der Waals surface area contributed by atoms with Gasteiger partial charge in [0.25, 0.3) is 0 Å². The van der Waals surface area contributed by atoms with Crippen molar-refractivity contribution in [3.05, 3.63) is 29.8 Å². The molecule has 0 radical (unpaired) electrons. The number of phenols is 2. The molecule has 0 bridgehead atoms. The summed E-state index contributed by atoms with van der Waals surface area (Å²) in [4.78, 5) is 0. The van der Waals surface area contributed by atoms with Gasteiger partial charge in [-0.15, -0.1) is 0 Å². The molecule has 3 heteroatoms. The molecule has 0 atom stereocenters. The summed E-state index contributed by atoms with van der Waals surface area (Å²) in [5.41, 5.74) is 0.878. The zero-order chi connectivity index (χ0) is 11.0. The number of benzene rings is 1. The van der Waals surface area contributed by atoms with E-state index >= 15 is 0 Å². The Morgan fingerprint density at radius 2 is 1.71 bits per heavy atom. The van der Waals surface area contributed by atoms with E-state index < -0.39 is 0 Å². The Bertz CT molecular complexity index is 293. The van der Waals surface area contributed by atoms with Gasteiger partial charge in [0, 0.05) is 14.2 Å². The van der Waals surface area contributed by atoms with E-state index in [0.717, 1.165) is 5.56 Å². The summed E-state index contributed by atoms with van der Waals surface area (Å²) in [5, 5.41) is 18.0. The first kappa shape index (κ1) is 12.5. The Morgan fingerprint density at radius 1 is 1.14 bits per heavy atom. The fourth-order valence-corrected chi connectivity index (χ4v) is 0.837. The van der Waals surface area contributed by atoms with Crippen LogP contribution in [0.5, 0.6) is 11.5 Å². The quantitative estimate of drug-likeness (QED) is 0.678. The highest BCUT2D eigenvalue weighted by molar-refractivity contribution is 5.54. The second-order valence-corrected chi connectivity index (χ2v) is 2.66. The van der Waals surface area contributed by atoms with Gasteiger partial charge in [0.2, 0.25) is 0 Å². The van der Waals surface area contributed by atoms with Crippen LogP contribution in [0.3, 0.4) is 0 Å². The van der Waals surface area contributed by atoms with Crippen molar-refractivity contribution in [1.29, 1.82) is 0 Å². The monoisotopic (exact) mass is 196 g/mol. The maximum absolute atomic E-state index is 9.04. The van der Waals surface area contributed by atoms with Gasteiger partial charge in [0.1, 0.15) is 0 Å². The van der Waals surface area contributed by atoms with Gasteiger partial charge >= 0.3 is 0 Å². The lowest BCUT2D eigenvalue weighted by molar-refractivity contribution is 0.277. The van der Waals surface area contributed by atoms with E-state index in [1.807, 2.05) is 19.1 Å². The van der Waals surface area contributed by atoms with Gasteiger partial charge in [-0.1, -0.05) is 18.2 Å². The summed E-state index contributed by atoms with van der Waals surface area (Å²) in [6.45, 7) is 1.89. The van der Waals surface area contributed by atoms with Crippen molar-refractivity contribution in [3.63, 3.8) is 0 Å². The van der Waals surface area contributed by atoms with Gasteiger partial charge < -0.3 is 14.9 Å². The lowest BCUT2D eigenvalue weighted by Gasteiger charge is -1.97. The number of methoxy groups -OCH3 is 1. The largest absolute Gasteiger partial charge is 0.504 e. The molecule has 3 nitrogen and oxygen atoms in total.